The van der Waals surface area contributed by atoms with Gasteiger partial charge in [-0.3, -0.25) is 14.6 Å². The first kappa shape index (κ1) is 13.4. The number of aromatic nitrogens is 4. The summed E-state index contributed by atoms with van der Waals surface area (Å²) in [5, 5.41) is 6.86. The molecule has 0 saturated carbocycles. The van der Waals surface area contributed by atoms with Crippen LogP contribution in [0.5, 0.6) is 5.75 Å². The van der Waals surface area contributed by atoms with E-state index in [0.29, 0.717) is 16.3 Å². The zero-order valence-corrected chi connectivity index (χ0v) is 11.9. The summed E-state index contributed by atoms with van der Waals surface area (Å²) in [5.41, 5.74) is 1.06. The highest BCUT2D eigenvalue weighted by molar-refractivity contribution is 7.71. The van der Waals surface area contributed by atoms with Crippen LogP contribution in [0, 0.1) is 10.6 Å². The molecule has 0 unspecified atom stereocenters. The first-order valence-corrected chi connectivity index (χ1v) is 6.53. The number of hydrogen-bond donors (Lipinski definition) is 1. The van der Waals surface area contributed by atoms with Crippen molar-refractivity contribution in [2.75, 3.05) is 7.11 Å². The largest absolute Gasteiger partial charge is 0.497 e. The van der Waals surface area contributed by atoms with Crippen molar-refractivity contribution in [2.24, 2.45) is 0 Å². The molecule has 3 aromatic rings. The number of nitrogens with one attached hydrogen (secondary N) is 1. The van der Waals surface area contributed by atoms with Crippen LogP contribution in [-0.2, 0) is 0 Å². The number of hydrogen-bond acceptors (Lipinski definition) is 4. The first-order chi connectivity index (χ1) is 10.2. The van der Waals surface area contributed by atoms with E-state index in [-0.39, 0.29) is 5.69 Å². The zero-order chi connectivity index (χ0) is 14.8. The van der Waals surface area contributed by atoms with Crippen molar-refractivity contribution in [2.45, 2.75) is 0 Å². The quantitative estimate of drug-likeness (QED) is 0.755. The van der Waals surface area contributed by atoms with Crippen LogP contribution in [0.4, 0.5) is 4.39 Å². The second-order valence-corrected chi connectivity index (χ2v) is 4.63. The summed E-state index contributed by atoms with van der Waals surface area (Å²) in [4.78, 5) is 3.96. The lowest BCUT2D eigenvalue weighted by Gasteiger charge is -2.09. The molecule has 0 radical (unpaired) electrons. The number of benzene rings is 1. The van der Waals surface area contributed by atoms with E-state index in [1.165, 1.54) is 17.7 Å². The lowest BCUT2D eigenvalue weighted by molar-refractivity contribution is 0.413. The van der Waals surface area contributed by atoms with Crippen molar-refractivity contribution < 1.29 is 9.13 Å². The molecule has 0 saturated heterocycles. The fourth-order valence-electron chi connectivity index (χ4n) is 2.01. The smallest absolute Gasteiger partial charge is 0.200 e. The minimum absolute atomic E-state index is 0.278. The third-order valence-electron chi connectivity index (χ3n) is 3.01. The Bertz CT molecular complexity index is 828. The summed E-state index contributed by atoms with van der Waals surface area (Å²) < 4.78 is 21.1. The molecule has 0 bridgehead atoms. The molecule has 3 rings (SSSR count). The lowest BCUT2D eigenvalue weighted by Crippen LogP contribution is -2.01. The van der Waals surface area contributed by atoms with E-state index in [4.69, 9.17) is 17.0 Å². The molecule has 21 heavy (non-hydrogen) atoms. The molecule has 0 atom stereocenters. The molecule has 0 amide bonds. The summed E-state index contributed by atoms with van der Waals surface area (Å²) in [6, 6.07) is 8.01. The molecule has 2 heterocycles. The Morgan fingerprint density at radius 3 is 2.71 bits per heavy atom. The zero-order valence-electron chi connectivity index (χ0n) is 11.1. The number of pyridine rings is 1. The number of aromatic amines is 1. The molecule has 0 aliphatic rings. The summed E-state index contributed by atoms with van der Waals surface area (Å²) >= 11 is 5.22. The Morgan fingerprint density at radius 1 is 1.24 bits per heavy atom. The van der Waals surface area contributed by atoms with E-state index in [1.807, 2.05) is 0 Å². The van der Waals surface area contributed by atoms with Crippen LogP contribution < -0.4 is 4.74 Å². The van der Waals surface area contributed by atoms with Gasteiger partial charge in [0.15, 0.2) is 10.6 Å². The maximum atomic E-state index is 14.2. The lowest BCUT2D eigenvalue weighted by atomic mass is 10.2. The van der Waals surface area contributed by atoms with Crippen LogP contribution >= 0.6 is 12.2 Å². The highest BCUT2D eigenvalue weighted by Gasteiger charge is 2.14. The summed E-state index contributed by atoms with van der Waals surface area (Å²) in [6.07, 6.45) is 3.28. The number of methoxy groups -OCH3 is 1. The maximum absolute atomic E-state index is 14.2. The second-order valence-electron chi connectivity index (χ2n) is 4.24. The van der Waals surface area contributed by atoms with Crippen LogP contribution in [0.2, 0.25) is 0 Å². The van der Waals surface area contributed by atoms with E-state index in [9.17, 15) is 4.39 Å². The fraction of sp³-hybridized carbons (Fsp3) is 0.0714. The topological polar surface area (TPSA) is 55.7 Å². The van der Waals surface area contributed by atoms with Gasteiger partial charge in [-0.05, 0) is 36.5 Å². The number of nitrogens with zero attached hydrogens (tertiary/aromatic N) is 3. The van der Waals surface area contributed by atoms with Gasteiger partial charge in [-0.25, -0.2) is 4.39 Å². The molecule has 106 valence electrons. The molecule has 0 spiro atoms. The van der Waals surface area contributed by atoms with Crippen LogP contribution in [-0.4, -0.2) is 26.9 Å². The molecule has 1 aromatic carbocycles. The standard InChI is InChI=1S/C14H11FN4OS/c1-20-10-2-3-11(15)12(8-10)19-13(17-18-14(19)21)9-4-6-16-7-5-9/h2-8H,1H3,(H,18,21). The third kappa shape index (κ3) is 2.43. The molecular weight excluding hydrogens is 291 g/mol. The van der Waals surface area contributed by atoms with Crippen molar-refractivity contribution in [1.82, 2.24) is 19.7 Å². The Kier molecular flexibility index (Phi) is 3.49. The minimum Gasteiger partial charge on any atom is -0.497 e. The van der Waals surface area contributed by atoms with Gasteiger partial charge in [0.25, 0.3) is 0 Å². The molecule has 0 fully saturated rings. The van der Waals surface area contributed by atoms with Gasteiger partial charge in [0.2, 0.25) is 0 Å². The number of H-pyrrole nitrogens is 1. The van der Waals surface area contributed by atoms with Crippen molar-refractivity contribution in [3.63, 3.8) is 0 Å². The van der Waals surface area contributed by atoms with E-state index < -0.39 is 5.82 Å². The Morgan fingerprint density at radius 2 is 2.00 bits per heavy atom. The molecule has 5 nitrogen and oxygen atoms in total. The van der Waals surface area contributed by atoms with Gasteiger partial charge in [-0.2, -0.15) is 5.10 Å². The number of ether oxygens (including phenoxy) is 1. The van der Waals surface area contributed by atoms with Crippen LogP contribution in [0.1, 0.15) is 0 Å². The van der Waals surface area contributed by atoms with Gasteiger partial charge in [0, 0.05) is 24.0 Å². The summed E-state index contributed by atoms with van der Waals surface area (Å²) in [5.74, 6) is 0.633. The van der Waals surface area contributed by atoms with E-state index in [0.717, 1.165) is 5.56 Å². The van der Waals surface area contributed by atoms with Crippen LogP contribution in [0.25, 0.3) is 17.1 Å². The average Bonchev–Trinajstić information content (AvgIpc) is 2.90. The first-order valence-electron chi connectivity index (χ1n) is 6.12. The van der Waals surface area contributed by atoms with Crippen molar-refractivity contribution >= 4 is 12.2 Å². The van der Waals surface area contributed by atoms with Gasteiger partial charge in [0.1, 0.15) is 11.6 Å². The van der Waals surface area contributed by atoms with Crippen molar-refractivity contribution in [1.29, 1.82) is 0 Å². The van der Waals surface area contributed by atoms with Gasteiger partial charge in [-0.1, -0.05) is 0 Å². The summed E-state index contributed by atoms with van der Waals surface area (Å²) in [6.45, 7) is 0. The molecule has 0 aliphatic carbocycles. The molecule has 7 heteroatoms. The van der Waals surface area contributed by atoms with E-state index in [1.54, 1.807) is 36.7 Å². The maximum Gasteiger partial charge on any atom is 0.200 e. The van der Waals surface area contributed by atoms with Gasteiger partial charge < -0.3 is 4.74 Å². The van der Waals surface area contributed by atoms with Crippen molar-refractivity contribution in [3.05, 3.63) is 53.3 Å². The summed E-state index contributed by atoms with van der Waals surface area (Å²) in [7, 11) is 1.52. The molecule has 2 aromatic heterocycles. The number of halogens is 1. The highest BCUT2D eigenvalue weighted by Crippen LogP contribution is 2.25. The van der Waals surface area contributed by atoms with E-state index in [2.05, 4.69) is 15.2 Å². The predicted molar refractivity (Wildman–Crippen MR) is 78.5 cm³/mol. The second kappa shape index (κ2) is 5.45. The average molecular weight is 302 g/mol. The predicted octanol–water partition coefficient (Wildman–Crippen LogP) is 3.14. The molecule has 1 N–H and O–H groups in total. The van der Waals surface area contributed by atoms with Gasteiger partial charge >= 0.3 is 0 Å². The van der Waals surface area contributed by atoms with Gasteiger partial charge in [0.05, 0.1) is 12.8 Å². The Balaban J connectivity index is 2.25. The normalized spacial score (nSPS) is 10.6. The fourth-order valence-corrected chi connectivity index (χ4v) is 2.24. The van der Waals surface area contributed by atoms with E-state index >= 15 is 0 Å². The molecule has 0 aliphatic heterocycles. The van der Waals surface area contributed by atoms with Crippen LogP contribution in [0.3, 0.4) is 0 Å². The molecular formula is C14H11FN4OS. The van der Waals surface area contributed by atoms with Gasteiger partial charge in [-0.15, -0.1) is 0 Å². The Hall–Kier alpha value is -2.54. The SMILES string of the molecule is COc1ccc(F)c(-n2c(-c3ccncc3)n[nH]c2=S)c1. The van der Waals surface area contributed by atoms with Crippen molar-refractivity contribution in [3.8, 4) is 22.8 Å². The number of rotatable bonds is 3. The minimum atomic E-state index is -0.413. The van der Waals surface area contributed by atoms with Crippen LogP contribution in [0.15, 0.2) is 42.7 Å². The third-order valence-corrected chi connectivity index (χ3v) is 3.28. The monoisotopic (exact) mass is 302 g/mol. The Labute approximate surface area is 125 Å². The highest BCUT2D eigenvalue weighted by atomic mass is 32.1.